The summed E-state index contributed by atoms with van der Waals surface area (Å²) in [6.07, 6.45) is 0. The molecular formula is C20H23NO6S. The fourth-order valence-electron chi connectivity index (χ4n) is 2.44. The Hall–Kier alpha value is -2.87. The number of carbonyl (C=O) groups is 2. The van der Waals surface area contributed by atoms with Gasteiger partial charge in [0.2, 0.25) is 0 Å². The van der Waals surface area contributed by atoms with Crippen LogP contribution in [0.15, 0.2) is 47.4 Å². The van der Waals surface area contributed by atoms with Crippen LogP contribution in [0.4, 0.5) is 0 Å². The molecule has 2 aromatic carbocycles. The molecule has 0 bridgehead atoms. The van der Waals surface area contributed by atoms with Gasteiger partial charge in [-0.3, -0.25) is 9.00 Å². The number of methoxy groups -OCH3 is 2. The van der Waals surface area contributed by atoms with E-state index in [0.717, 1.165) is 5.56 Å². The van der Waals surface area contributed by atoms with Crippen molar-refractivity contribution in [3.8, 4) is 11.5 Å². The molecule has 0 aliphatic heterocycles. The van der Waals surface area contributed by atoms with Crippen molar-refractivity contribution in [1.82, 2.24) is 5.32 Å². The first-order chi connectivity index (χ1) is 13.5. The van der Waals surface area contributed by atoms with Gasteiger partial charge in [0.25, 0.3) is 5.91 Å². The Kier molecular flexibility index (Phi) is 8.01. The summed E-state index contributed by atoms with van der Waals surface area (Å²) in [5.41, 5.74) is 1.01. The van der Waals surface area contributed by atoms with E-state index >= 15 is 0 Å². The van der Waals surface area contributed by atoms with Crippen molar-refractivity contribution in [3.63, 3.8) is 0 Å². The number of rotatable bonds is 9. The maximum absolute atomic E-state index is 12.3. The third-order valence-electron chi connectivity index (χ3n) is 3.89. The third-order valence-corrected chi connectivity index (χ3v) is 5.26. The molecule has 1 amide bonds. The van der Waals surface area contributed by atoms with E-state index in [1.165, 1.54) is 13.2 Å². The summed E-state index contributed by atoms with van der Waals surface area (Å²) in [5, 5.41) is 2.67. The summed E-state index contributed by atoms with van der Waals surface area (Å²) >= 11 is 0. The van der Waals surface area contributed by atoms with Crippen LogP contribution >= 0.6 is 0 Å². The highest BCUT2D eigenvalue weighted by atomic mass is 32.2. The van der Waals surface area contributed by atoms with Gasteiger partial charge < -0.3 is 19.5 Å². The van der Waals surface area contributed by atoms with Gasteiger partial charge >= 0.3 is 5.97 Å². The molecule has 0 aromatic heterocycles. The van der Waals surface area contributed by atoms with E-state index in [4.69, 9.17) is 14.2 Å². The summed E-state index contributed by atoms with van der Waals surface area (Å²) in [5.74, 6) is 0.405. The van der Waals surface area contributed by atoms with Crippen LogP contribution in [0, 0.1) is 0 Å². The zero-order valence-corrected chi connectivity index (χ0v) is 16.8. The molecule has 1 N–H and O–H groups in total. The molecular weight excluding hydrogens is 382 g/mol. The lowest BCUT2D eigenvalue weighted by atomic mass is 10.2. The van der Waals surface area contributed by atoms with Crippen LogP contribution in [-0.4, -0.2) is 42.7 Å². The van der Waals surface area contributed by atoms with E-state index in [9.17, 15) is 13.8 Å². The molecule has 0 fully saturated rings. The van der Waals surface area contributed by atoms with Gasteiger partial charge in [-0.1, -0.05) is 25.1 Å². The Morgan fingerprint density at radius 3 is 2.43 bits per heavy atom. The normalized spacial score (nSPS) is 11.4. The van der Waals surface area contributed by atoms with Gasteiger partial charge in [0.1, 0.15) is 0 Å². The van der Waals surface area contributed by atoms with Crippen LogP contribution in [-0.2, 0) is 26.9 Å². The molecule has 1 unspecified atom stereocenters. The van der Waals surface area contributed by atoms with Crippen molar-refractivity contribution >= 4 is 22.7 Å². The number of amides is 1. The lowest BCUT2D eigenvalue weighted by molar-refractivity contribution is -0.124. The minimum absolute atomic E-state index is 0.204. The summed E-state index contributed by atoms with van der Waals surface area (Å²) in [7, 11) is 1.78. The lowest BCUT2D eigenvalue weighted by Crippen LogP contribution is -2.28. The average molecular weight is 405 g/mol. The maximum atomic E-state index is 12.3. The number of carbonyl (C=O) groups excluding carboxylic acids is 2. The Bertz CT molecular complexity index is 868. The van der Waals surface area contributed by atoms with Crippen molar-refractivity contribution in [1.29, 1.82) is 0 Å². The molecule has 0 spiro atoms. The molecule has 0 heterocycles. The number of hydrogen-bond donors (Lipinski definition) is 1. The van der Waals surface area contributed by atoms with Crippen LogP contribution in [0.1, 0.15) is 22.8 Å². The summed E-state index contributed by atoms with van der Waals surface area (Å²) in [4.78, 5) is 24.7. The van der Waals surface area contributed by atoms with Crippen molar-refractivity contribution in [2.24, 2.45) is 0 Å². The van der Waals surface area contributed by atoms with Crippen LogP contribution in [0.25, 0.3) is 0 Å². The van der Waals surface area contributed by atoms with E-state index in [1.807, 2.05) is 0 Å². The first kappa shape index (κ1) is 21.4. The van der Waals surface area contributed by atoms with E-state index in [-0.39, 0.29) is 12.1 Å². The number of nitrogens with one attached hydrogen (secondary N) is 1. The first-order valence-electron chi connectivity index (χ1n) is 8.62. The van der Waals surface area contributed by atoms with Crippen molar-refractivity contribution in [3.05, 3.63) is 53.6 Å². The molecule has 150 valence electrons. The molecule has 7 nitrogen and oxygen atoms in total. The van der Waals surface area contributed by atoms with Crippen molar-refractivity contribution < 1.29 is 28.0 Å². The second-order valence-electron chi connectivity index (χ2n) is 5.67. The molecule has 0 aliphatic carbocycles. The van der Waals surface area contributed by atoms with Crippen molar-refractivity contribution in [2.45, 2.75) is 18.4 Å². The van der Waals surface area contributed by atoms with Crippen LogP contribution in [0.5, 0.6) is 11.5 Å². The zero-order valence-electron chi connectivity index (χ0n) is 16.0. The predicted molar refractivity (Wildman–Crippen MR) is 105 cm³/mol. The maximum Gasteiger partial charge on any atom is 0.339 e. The van der Waals surface area contributed by atoms with Gasteiger partial charge in [0, 0.05) is 12.3 Å². The number of esters is 1. The molecule has 2 rings (SSSR count). The fraction of sp³-hybridized carbons (Fsp3) is 0.300. The van der Waals surface area contributed by atoms with Crippen LogP contribution in [0.3, 0.4) is 0 Å². The second kappa shape index (κ2) is 10.5. The standard InChI is InChI=1S/C20H23NO6S/c1-4-28(24)18-8-6-5-7-15(18)20(23)27-13-19(22)21-12-14-9-10-16(25-2)17(11-14)26-3/h5-11H,4,12-13H2,1-3H3,(H,21,22). The van der Waals surface area contributed by atoms with Gasteiger partial charge in [0.15, 0.2) is 18.1 Å². The topological polar surface area (TPSA) is 90.9 Å². The highest BCUT2D eigenvalue weighted by molar-refractivity contribution is 7.85. The highest BCUT2D eigenvalue weighted by Crippen LogP contribution is 2.27. The molecule has 0 aliphatic rings. The summed E-state index contributed by atoms with van der Waals surface area (Å²) < 4.78 is 27.5. The minimum atomic E-state index is -1.29. The average Bonchev–Trinajstić information content (AvgIpc) is 2.75. The quantitative estimate of drug-likeness (QED) is 0.644. The SMILES string of the molecule is CCS(=O)c1ccccc1C(=O)OCC(=O)NCc1ccc(OC)c(OC)c1. The number of ether oxygens (including phenoxy) is 3. The molecule has 0 radical (unpaired) electrons. The third kappa shape index (κ3) is 5.56. The van der Waals surface area contributed by atoms with E-state index in [0.29, 0.717) is 22.1 Å². The van der Waals surface area contributed by atoms with Gasteiger partial charge in [-0.15, -0.1) is 0 Å². The molecule has 8 heteroatoms. The summed E-state index contributed by atoms with van der Waals surface area (Å²) in [6, 6.07) is 11.8. The van der Waals surface area contributed by atoms with E-state index < -0.39 is 29.3 Å². The largest absolute Gasteiger partial charge is 0.493 e. The highest BCUT2D eigenvalue weighted by Gasteiger charge is 2.17. The number of benzene rings is 2. The molecule has 0 saturated heterocycles. The monoisotopic (exact) mass is 405 g/mol. The first-order valence-corrected chi connectivity index (χ1v) is 9.94. The Balaban J connectivity index is 1.91. The fourth-order valence-corrected chi connectivity index (χ4v) is 3.38. The summed E-state index contributed by atoms with van der Waals surface area (Å²) in [6.45, 7) is 1.58. The van der Waals surface area contributed by atoms with E-state index in [1.54, 1.807) is 50.4 Å². The van der Waals surface area contributed by atoms with Gasteiger partial charge in [-0.05, 0) is 29.8 Å². The smallest absolute Gasteiger partial charge is 0.339 e. The molecule has 1 atom stereocenters. The Morgan fingerprint density at radius 1 is 1.04 bits per heavy atom. The molecule has 28 heavy (non-hydrogen) atoms. The van der Waals surface area contributed by atoms with Gasteiger partial charge in [-0.25, -0.2) is 4.79 Å². The zero-order chi connectivity index (χ0) is 20.5. The van der Waals surface area contributed by atoms with E-state index in [2.05, 4.69) is 5.32 Å². The lowest BCUT2D eigenvalue weighted by Gasteiger charge is -2.11. The minimum Gasteiger partial charge on any atom is -0.493 e. The molecule has 2 aromatic rings. The van der Waals surface area contributed by atoms with Crippen LogP contribution in [0.2, 0.25) is 0 Å². The van der Waals surface area contributed by atoms with Gasteiger partial charge in [-0.2, -0.15) is 0 Å². The Labute approximate surface area is 166 Å². The predicted octanol–water partition coefficient (Wildman–Crippen LogP) is 2.30. The van der Waals surface area contributed by atoms with Crippen molar-refractivity contribution in [2.75, 3.05) is 26.6 Å². The number of hydrogen-bond acceptors (Lipinski definition) is 6. The Morgan fingerprint density at radius 2 is 1.75 bits per heavy atom. The van der Waals surface area contributed by atoms with Gasteiger partial charge in [0.05, 0.1) is 35.5 Å². The second-order valence-corrected chi connectivity index (χ2v) is 7.38. The molecule has 0 saturated carbocycles. The van der Waals surface area contributed by atoms with Crippen LogP contribution < -0.4 is 14.8 Å².